The maximum atomic E-state index is 5.41. The third kappa shape index (κ3) is 3.52. The molecule has 0 N–H and O–H groups in total. The lowest BCUT2D eigenvalue weighted by Crippen LogP contribution is -2.00. The number of rotatable bonds is 7. The Balaban J connectivity index is 1.74. The molecule has 0 aliphatic rings. The van der Waals surface area contributed by atoms with Crippen LogP contribution < -0.4 is 4.74 Å². The van der Waals surface area contributed by atoms with E-state index in [2.05, 4.69) is 22.2 Å². The van der Waals surface area contributed by atoms with E-state index in [1.165, 1.54) is 0 Å². The molecule has 24 heavy (non-hydrogen) atoms. The van der Waals surface area contributed by atoms with Crippen molar-refractivity contribution in [1.82, 2.24) is 19.7 Å². The second kappa shape index (κ2) is 7.63. The summed E-state index contributed by atoms with van der Waals surface area (Å²) in [5.41, 5.74) is 2.05. The zero-order chi connectivity index (χ0) is 16.9. The van der Waals surface area contributed by atoms with Crippen LogP contribution in [-0.2, 0) is 12.3 Å². The monoisotopic (exact) mass is 358 g/mol. The first-order valence-electron chi connectivity index (χ1n) is 7.44. The minimum atomic E-state index is 0.713. The quantitative estimate of drug-likeness (QED) is 0.468. The maximum absolute atomic E-state index is 5.41. The van der Waals surface area contributed by atoms with Crippen molar-refractivity contribution in [2.45, 2.75) is 24.4 Å². The number of para-hydroxylation sites is 1. The number of aromatic nitrogens is 4. The number of thioether (sulfide) groups is 1. The predicted octanol–water partition coefficient (Wildman–Crippen LogP) is 4.20. The molecule has 2 heterocycles. The standard InChI is InChI=1S/C17H18N4OS2/c1-4-9-21-12(2)19-20-17(21)24-11-13-10-23-16(18-13)14-7-5-6-8-15(14)22-3/h4-8,10H,1,9,11H2,2-3H3. The van der Waals surface area contributed by atoms with E-state index < -0.39 is 0 Å². The number of hydrogen-bond donors (Lipinski definition) is 0. The van der Waals surface area contributed by atoms with Crippen LogP contribution in [0.1, 0.15) is 11.5 Å². The molecular weight excluding hydrogens is 340 g/mol. The van der Waals surface area contributed by atoms with E-state index in [0.717, 1.165) is 38.7 Å². The molecule has 0 bridgehead atoms. The molecule has 0 unspecified atom stereocenters. The smallest absolute Gasteiger partial charge is 0.191 e. The van der Waals surface area contributed by atoms with Gasteiger partial charge in [-0.2, -0.15) is 0 Å². The Bertz CT molecular complexity index is 841. The molecule has 3 aromatic rings. The van der Waals surface area contributed by atoms with Crippen molar-refractivity contribution in [1.29, 1.82) is 0 Å². The highest BCUT2D eigenvalue weighted by atomic mass is 32.2. The highest BCUT2D eigenvalue weighted by Gasteiger charge is 2.12. The Morgan fingerprint density at radius 3 is 2.96 bits per heavy atom. The van der Waals surface area contributed by atoms with Gasteiger partial charge in [0.25, 0.3) is 0 Å². The van der Waals surface area contributed by atoms with Crippen LogP contribution in [0.25, 0.3) is 10.6 Å². The van der Waals surface area contributed by atoms with Crippen molar-refractivity contribution in [3.05, 3.63) is 53.8 Å². The summed E-state index contributed by atoms with van der Waals surface area (Å²) in [6.07, 6.45) is 1.85. The first-order valence-corrected chi connectivity index (χ1v) is 9.30. The SMILES string of the molecule is C=CCn1c(C)nnc1SCc1csc(-c2ccccc2OC)n1. The molecule has 0 aliphatic carbocycles. The molecule has 0 aliphatic heterocycles. The fourth-order valence-electron chi connectivity index (χ4n) is 2.26. The van der Waals surface area contributed by atoms with Crippen LogP contribution in [0.3, 0.4) is 0 Å². The van der Waals surface area contributed by atoms with Crippen molar-refractivity contribution in [2.75, 3.05) is 7.11 Å². The summed E-state index contributed by atoms with van der Waals surface area (Å²) in [6, 6.07) is 7.93. The molecule has 5 nitrogen and oxygen atoms in total. The summed E-state index contributed by atoms with van der Waals surface area (Å²) in [7, 11) is 1.68. The molecular formula is C17H18N4OS2. The molecule has 0 atom stereocenters. The van der Waals surface area contributed by atoms with E-state index in [-0.39, 0.29) is 0 Å². The van der Waals surface area contributed by atoms with Gasteiger partial charge >= 0.3 is 0 Å². The molecule has 0 saturated heterocycles. The summed E-state index contributed by atoms with van der Waals surface area (Å²) in [6.45, 7) is 6.44. The summed E-state index contributed by atoms with van der Waals surface area (Å²) in [5, 5.41) is 12.3. The molecule has 0 spiro atoms. The number of methoxy groups -OCH3 is 1. The Labute approximate surface area is 149 Å². The first kappa shape index (κ1) is 16.7. The average molecular weight is 358 g/mol. The van der Waals surface area contributed by atoms with Gasteiger partial charge in [0.1, 0.15) is 16.6 Å². The van der Waals surface area contributed by atoms with Gasteiger partial charge < -0.3 is 9.30 Å². The van der Waals surface area contributed by atoms with Crippen molar-refractivity contribution < 1.29 is 4.74 Å². The fraction of sp³-hybridized carbons (Fsp3) is 0.235. The van der Waals surface area contributed by atoms with Crippen molar-refractivity contribution in [3.8, 4) is 16.3 Å². The number of allylic oxidation sites excluding steroid dienone is 1. The van der Waals surface area contributed by atoms with E-state index in [9.17, 15) is 0 Å². The molecule has 3 rings (SSSR count). The second-order valence-corrected chi connectivity index (χ2v) is 6.86. The number of aryl methyl sites for hydroxylation is 1. The van der Waals surface area contributed by atoms with E-state index >= 15 is 0 Å². The van der Waals surface area contributed by atoms with Crippen LogP contribution in [0, 0.1) is 6.92 Å². The van der Waals surface area contributed by atoms with Crippen molar-refractivity contribution in [2.24, 2.45) is 0 Å². The van der Waals surface area contributed by atoms with Gasteiger partial charge in [-0.3, -0.25) is 0 Å². The fourth-order valence-corrected chi connectivity index (χ4v) is 4.11. The number of thiazole rings is 1. The minimum Gasteiger partial charge on any atom is -0.496 e. The molecule has 7 heteroatoms. The van der Waals surface area contributed by atoms with Gasteiger partial charge in [0, 0.05) is 17.7 Å². The lowest BCUT2D eigenvalue weighted by Gasteiger charge is -2.05. The van der Waals surface area contributed by atoms with E-state index in [0.29, 0.717) is 6.54 Å². The molecule has 2 aromatic heterocycles. The first-order chi connectivity index (χ1) is 11.7. The number of benzene rings is 1. The molecule has 1 aromatic carbocycles. The minimum absolute atomic E-state index is 0.713. The Morgan fingerprint density at radius 1 is 1.33 bits per heavy atom. The van der Waals surface area contributed by atoms with Gasteiger partial charge in [-0.15, -0.1) is 28.1 Å². The lowest BCUT2D eigenvalue weighted by atomic mass is 10.2. The lowest BCUT2D eigenvalue weighted by molar-refractivity contribution is 0.416. The molecule has 0 radical (unpaired) electrons. The van der Waals surface area contributed by atoms with Gasteiger partial charge in [-0.05, 0) is 19.1 Å². The highest BCUT2D eigenvalue weighted by molar-refractivity contribution is 7.98. The summed E-state index contributed by atoms with van der Waals surface area (Å²) in [5.74, 6) is 2.48. The van der Waals surface area contributed by atoms with Crippen LogP contribution in [0.5, 0.6) is 5.75 Å². The third-order valence-electron chi connectivity index (χ3n) is 3.45. The second-order valence-electron chi connectivity index (χ2n) is 5.06. The molecule has 0 fully saturated rings. The largest absolute Gasteiger partial charge is 0.496 e. The molecule has 124 valence electrons. The maximum Gasteiger partial charge on any atom is 0.191 e. The van der Waals surface area contributed by atoms with Crippen molar-refractivity contribution >= 4 is 23.1 Å². The Kier molecular flexibility index (Phi) is 5.32. The normalized spacial score (nSPS) is 10.8. The van der Waals surface area contributed by atoms with Crippen LogP contribution in [0.2, 0.25) is 0 Å². The van der Waals surface area contributed by atoms with Gasteiger partial charge in [0.05, 0.1) is 18.4 Å². The topological polar surface area (TPSA) is 52.8 Å². The zero-order valence-electron chi connectivity index (χ0n) is 13.6. The van der Waals surface area contributed by atoms with Gasteiger partial charge in [-0.25, -0.2) is 4.98 Å². The zero-order valence-corrected chi connectivity index (χ0v) is 15.2. The van der Waals surface area contributed by atoms with Crippen LogP contribution in [-0.4, -0.2) is 26.9 Å². The Hall–Kier alpha value is -2.12. The summed E-state index contributed by atoms with van der Waals surface area (Å²) in [4.78, 5) is 4.73. The number of nitrogens with zero attached hydrogens (tertiary/aromatic N) is 4. The van der Waals surface area contributed by atoms with E-state index in [1.807, 2.05) is 41.8 Å². The number of ether oxygens (including phenoxy) is 1. The van der Waals surface area contributed by atoms with Gasteiger partial charge in [0.2, 0.25) is 0 Å². The number of hydrogen-bond acceptors (Lipinski definition) is 6. The van der Waals surface area contributed by atoms with Crippen LogP contribution >= 0.6 is 23.1 Å². The van der Waals surface area contributed by atoms with E-state index in [4.69, 9.17) is 9.72 Å². The van der Waals surface area contributed by atoms with Gasteiger partial charge in [0.15, 0.2) is 5.16 Å². The van der Waals surface area contributed by atoms with Crippen molar-refractivity contribution in [3.63, 3.8) is 0 Å². The predicted molar refractivity (Wildman–Crippen MR) is 98.6 cm³/mol. The van der Waals surface area contributed by atoms with Crippen LogP contribution in [0.15, 0.2) is 47.5 Å². The molecule has 0 saturated carbocycles. The van der Waals surface area contributed by atoms with Gasteiger partial charge in [-0.1, -0.05) is 30.0 Å². The average Bonchev–Trinajstić information content (AvgIpc) is 3.21. The summed E-state index contributed by atoms with van der Waals surface area (Å²) >= 11 is 3.26. The van der Waals surface area contributed by atoms with Crippen LogP contribution in [0.4, 0.5) is 0 Å². The van der Waals surface area contributed by atoms with E-state index in [1.54, 1.807) is 30.2 Å². The Morgan fingerprint density at radius 2 is 2.17 bits per heavy atom. The highest BCUT2D eigenvalue weighted by Crippen LogP contribution is 2.33. The summed E-state index contributed by atoms with van der Waals surface area (Å²) < 4.78 is 7.46. The molecule has 0 amide bonds. The third-order valence-corrected chi connectivity index (χ3v) is 5.38.